The van der Waals surface area contributed by atoms with E-state index in [1.165, 1.54) is 12.8 Å². The zero-order valence-electron chi connectivity index (χ0n) is 20.1. The Morgan fingerprint density at radius 3 is 2.58 bits per heavy atom. The van der Waals surface area contributed by atoms with Crippen molar-refractivity contribution in [3.05, 3.63) is 60.2 Å². The summed E-state index contributed by atoms with van der Waals surface area (Å²) in [5.41, 5.74) is 3.31. The molecule has 2 aromatic carbocycles. The number of likely N-dealkylation sites (tertiary alicyclic amines) is 1. The van der Waals surface area contributed by atoms with Gasteiger partial charge < -0.3 is 23.8 Å². The van der Waals surface area contributed by atoms with Crippen molar-refractivity contribution in [1.82, 2.24) is 4.90 Å². The fraction of sp³-hybridized carbons (Fsp3) is 0.481. The van der Waals surface area contributed by atoms with Gasteiger partial charge in [0.15, 0.2) is 11.5 Å². The minimum Gasteiger partial charge on any atom is -0.493 e. The maximum Gasteiger partial charge on any atom is 0.161 e. The summed E-state index contributed by atoms with van der Waals surface area (Å²) in [5.74, 6) is 2.39. The Labute approximate surface area is 197 Å². The van der Waals surface area contributed by atoms with Gasteiger partial charge in [0.1, 0.15) is 12.4 Å². The van der Waals surface area contributed by atoms with Crippen LogP contribution in [0.5, 0.6) is 17.2 Å². The lowest BCUT2D eigenvalue weighted by Gasteiger charge is -2.42. The van der Waals surface area contributed by atoms with Crippen LogP contribution in [-0.2, 0) is 4.74 Å². The number of methoxy groups -OCH3 is 2. The zero-order valence-corrected chi connectivity index (χ0v) is 20.1. The molecule has 2 heterocycles. The number of nitrogens with zero attached hydrogens (tertiary/aromatic N) is 2. The molecule has 6 nitrogen and oxygen atoms in total. The molecule has 2 aromatic rings. The summed E-state index contributed by atoms with van der Waals surface area (Å²) in [6.07, 6.45) is 2.49. The molecule has 33 heavy (non-hydrogen) atoms. The molecule has 0 aromatic heterocycles. The van der Waals surface area contributed by atoms with Crippen LogP contribution in [-0.4, -0.2) is 64.6 Å². The van der Waals surface area contributed by atoms with E-state index in [1.807, 2.05) is 19.1 Å². The van der Waals surface area contributed by atoms with E-state index >= 15 is 0 Å². The molecule has 2 aliphatic rings. The summed E-state index contributed by atoms with van der Waals surface area (Å²) in [5, 5.41) is 0. The second-order valence-corrected chi connectivity index (χ2v) is 8.93. The number of anilines is 1. The molecule has 0 N–H and O–H groups in total. The number of hydrogen-bond acceptors (Lipinski definition) is 6. The first-order valence-corrected chi connectivity index (χ1v) is 11.8. The molecule has 0 spiro atoms. The van der Waals surface area contributed by atoms with Gasteiger partial charge in [-0.15, -0.1) is 0 Å². The van der Waals surface area contributed by atoms with Crippen molar-refractivity contribution in [2.45, 2.75) is 31.8 Å². The molecule has 1 fully saturated rings. The highest BCUT2D eigenvalue weighted by Gasteiger charge is 2.33. The molecule has 0 aliphatic carbocycles. The van der Waals surface area contributed by atoms with Crippen LogP contribution in [0.25, 0.3) is 0 Å². The smallest absolute Gasteiger partial charge is 0.161 e. The third-order valence-corrected chi connectivity index (χ3v) is 6.46. The van der Waals surface area contributed by atoms with E-state index < -0.39 is 0 Å². The highest BCUT2D eigenvalue weighted by molar-refractivity contribution is 5.62. The van der Waals surface area contributed by atoms with Crippen LogP contribution in [0, 0.1) is 0 Å². The fourth-order valence-electron chi connectivity index (χ4n) is 4.78. The summed E-state index contributed by atoms with van der Waals surface area (Å²) >= 11 is 0. The van der Waals surface area contributed by atoms with Crippen LogP contribution in [0.2, 0.25) is 0 Å². The van der Waals surface area contributed by atoms with Gasteiger partial charge in [-0.2, -0.15) is 0 Å². The number of fused-ring (bicyclic) bond motifs is 1. The predicted molar refractivity (Wildman–Crippen MR) is 132 cm³/mol. The molecule has 2 unspecified atom stereocenters. The number of rotatable bonds is 10. The zero-order chi connectivity index (χ0) is 23.2. The molecule has 2 atom stereocenters. The Hall–Kier alpha value is -2.70. The van der Waals surface area contributed by atoms with Gasteiger partial charge in [-0.1, -0.05) is 30.4 Å². The van der Waals surface area contributed by atoms with Crippen molar-refractivity contribution in [1.29, 1.82) is 0 Å². The number of ether oxygens (including phenoxy) is 4. The third kappa shape index (κ3) is 5.45. The average Bonchev–Trinajstić information content (AvgIpc) is 3.37. The van der Waals surface area contributed by atoms with Gasteiger partial charge >= 0.3 is 0 Å². The number of benzene rings is 2. The van der Waals surface area contributed by atoms with Gasteiger partial charge in [-0.05, 0) is 62.7 Å². The summed E-state index contributed by atoms with van der Waals surface area (Å²) in [6.45, 7) is 11.0. The van der Waals surface area contributed by atoms with Gasteiger partial charge in [0.2, 0.25) is 0 Å². The minimum absolute atomic E-state index is 0.0611. The minimum atomic E-state index is 0.0611. The van der Waals surface area contributed by atoms with E-state index in [9.17, 15) is 0 Å². The second kappa shape index (κ2) is 10.9. The van der Waals surface area contributed by atoms with E-state index in [0.717, 1.165) is 53.7 Å². The van der Waals surface area contributed by atoms with E-state index in [1.54, 1.807) is 14.2 Å². The molecular formula is C27H36N2O4. The lowest BCUT2D eigenvalue weighted by atomic mass is 10.0. The largest absolute Gasteiger partial charge is 0.493 e. The highest BCUT2D eigenvalue weighted by atomic mass is 16.5. The van der Waals surface area contributed by atoms with Crippen LogP contribution in [0.15, 0.2) is 54.6 Å². The molecule has 4 rings (SSSR count). The Bertz CT molecular complexity index is 941. The summed E-state index contributed by atoms with van der Waals surface area (Å²) in [7, 11) is 3.34. The van der Waals surface area contributed by atoms with Crippen molar-refractivity contribution < 1.29 is 18.9 Å². The molecule has 1 saturated heterocycles. The van der Waals surface area contributed by atoms with Gasteiger partial charge in [-0.25, -0.2) is 0 Å². The molecular weight excluding hydrogens is 416 g/mol. The Morgan fingerprint density at radius 2 is 1.85 bits per heavy atom. The topological polar surface area (TPSA) is 43.4 Å². The van der Waals surface area contributed by atoms with Crippen molar-refractivity contribution in [2.24, 2.45) is 0 Å². The monoisotopic (exact) mass is 452 g/mol. The Balaban J connectivity index is 1.65. The molecule has 0 amide bonds. The SMILES string of the molecule is C=C(C)COCC(CN1c2ccccc2OCC1c1ccc(OC)c(OC)c1)N1CCCC1. The van der Waals surface area contributed by atoms with Crippen molar-refractivity contribution in [3.8, 4) is 17.2 Å². The standard InChI is InChI=1S/C27H36N2O4/c1-20(2)17-32-18-22(28-13-7-8-14-28)16-29-23-9-5-6-10-25(23)33-19-24(29)21-11-12-26(30-3)27(15-21)31-4/h5-6,9-12,15,22,24H,1,7-8,13-14,16-19H2,2-4H3. The van der Waals surface area contributed by atoms with Crippen LogP contribution < -0.4 is 19.1 Å². The number of para-hydroxylation sites is 2. The molecule has 0 radical (unpaired) electrons. The highest BCUT2D eigenvalue weighted by Crippen LogP contribution is 2.41. The quantitative estimate of drug-likeness (QED) is 0.487. The summed E-state index contributed by atoms with van der Waals surface area (Å²) in [6, 6.07) is 14.8. The first kappa shape index (κ1) is 23.5. The van der Waals surface area contributed by atoms with Gasteiger partial charge in [-0.3, -0.25) is 4.90 Å². The predicted octanol–water partition coefficient (Wildman–Crippen LogP) is 4.70. The van der Waals surface area contributed by atoms with E-state index in [2.05, 4.69) is 46.7 Å². The lowest BCUT2D eigenvalue weighted by Crippen LogP contribution is -2.49. The number of hydrogen-bond donors (Lipinski definition) is 0. The molecule has 178 valence electrons. The molecule has 6 heteroatoms. The summed E-state index contributed by atoms with van der Waals surface area (Å²) < 4.78 is 23.3. The Kier molecular flexibility index (Phi) is 7.78. The molecule has 0 bridgehead atoms. The first-order chi connectivity index (χ1) is 16.1. The van der Waals surface area contributed by atoms with E-state index in [0.29, 0.717) is 25.9 Å². The van der Waals surface area contributed by atoms with Gasteiger partial charge in [0.05, 0.1) is 45.2 Å². The third-order valence-electron chi connectivity index (χ3n) is 6.46. The van der Waals surface area contributed by atoms with Crippen LogP contribution in [0.4, 0.5) is 5.69 Å². The first-order valence-electron chi connectivity index (χ1n) is 11.8. The maximum atomic E-state index is 6.20. The van der Waals surface area contributed by atoms with E-state index in [-0.39, 0.29) is 6.04 Å². The molecule has 0 saturated carbocycles. The second-order valence-electron chi connectivity index (χ2n) is 8.93. The van der Waals surface area contributed by atoms with Gasteiger partial charge in [0, 0.05) is 6.54 Å². The van der Waals surface area contributed by atoms with Crippen LogP contribution in [0.3, 0.4) is 0 Å². The van der Waals surface area contributed by atoms with Crippen molar-refractivity contribution in [2.75, 3.05) is 58.6 Å². The van der Waals surface area contributed by atoms with E-state index in [4.69, 9.17) is 18.9 Å². The van der Waals surface area contributed by atoms with Crippen LogP contribution >= 0.6 is 0 Å². The maximum absolute atomic E-state index is 6.20. The van der Waals surface area contributed by atoms with Gasteiger partial charge in [0.25, 0.3) is 0 Å². The van der Waals surface area contributed by atoms with Crippen molar-refractivity contribution >= 4 is 5.69 Å². The van der Waals surface area contributed by atoms with Crippen LogP contribution in [0.1, 0.15) is 31.4 Å². The fourth-order valence-corrected chi connectivity index (χ4v) is 4.78. The lowest BCUT2D eigenvalue weighted by molar-refractivity contribution is 0.0822. The normalized spacial score (nSPS) is 19.0. The Morgan fingerprint density at radius 1 is 1.09 bits per heavy atom. The average molecular weight is 453 g/mol. The van der Waals surface area contributed by atoms with Crippen molar-refractivity contribution in [3.63, 3.8) is 0 Å². The summed E-state index contributed by atoms with van der Waals surface area (Å²) in [4.78, 5) is 5.05. The molecule has 2 aliphatic heterocycles.